The van der Waals surface area contributed by atoms with E-state index in [0.29, 0.717) is 0 Å². The molecule has 7 nitrogen and oxygen atoms in total. The summed E-state index contributed by atoms with van der Waals surface area (Å²) in [5.41, 5.74) is 0. The Bertz CT molecular complexity index is 262. The van der Waals surface area contributed by atoms with Crippen LogP contribution in [0.2, 0.25) is 0 Å². The van der Waals surface area contributed by atoms with Gasteiger partial charge in [-0.2, -0.15) is 0 Å². The smallest absolute Gasteiger partial charge is 0.756 e. The van der Waals surface area contributed by atoms with Crippen LogP contribution in [0.1, 0.15) is 20.8 Å². The molecule has 0 aromatic heterocycles. The van der Waals surface area contributed by atoms with E-state index >= 15 is 0 Å². The van der Waals surface area contributed by atoms with Gasteiger partial charge < -0.3 is 9.42 Å². The summed E-state index contributed by atoms with van der Waals surface area (Å²) in [6, 6.07) is 0. The molecule has 92 valence electrons. The van der Waals surface area contributed by atoms with Crippen molar-refractivity contribution in [3.8, 4) is 0 Å². The summed E-state index contributed by atoms with van der Waals surface area (Å²) in [6.45, 7) is 4.42. The van der Waals surface area contributed by atoms with Gasteiger partial charge in [0.2, 0.25) is 0 Å². The molecule has 0 N–H and O–H groups in total. The van der Waals surface area contributed by atoms with Crippen molar-refractivity contribution in [1.82, 2.24) is 0 Å². The van der Waals surface area contributed by atoms with E-state index in [-0.39, 0.29) is 49.4 Å². The van der Waals surface area contributed by atoms with Crippen molar-refractivity contribution in [3.63, 3.8) is 0 Å². The van der Waals surface area contributed by atoms with E-state index in [9.17, 15) is 14.0 Å². The van der Waals surface area contributed by atoms with Gasteiger partial charge in [-0.3, -0.25) is 13.6 Å². The summed E-state index contributed by atoms with van der Waals surface area (Å²) in [5, 5.41) is 0. The molecule has 16 heavy (non-hydrogen) atoms. The SMILES string of the molecule is CCOP(=O)([O-])OP(=O)(OCC)OCC.[Na+]. The quantitative estimate of drug-likeness (QED) is 0.403. The molecule has 1 unspecified atom stereocenters. The van der Waals surface area contributed by atoms with Gasteiger partial charge in [0.1, 0.15) is 0 Å². The van der Waals surface area contributed by atoms with E-state index in [0.717, 1.165) is 0 Å². The van der Waals surface area contributed by atoms with E-state index in [2.05, 4.69) is 17.9 Å². The van der Waals surface area contributed by atoms with Crippen molar-refractivity contribution in [2.75, 3.05) is 19.8 Å². The Balaban J connectivity index is 0. The zero-order valence-corrected chi connectivity index (χ0v) is 13.7. The predicted molar refractivity (Wildman–Crippen MR) is 51.2 cm³/mol. The van der Waals surface area contributed by atoms with Crippen LogP contribution in [0.15, 0.2) is 0 Å². The Morgan fingerprint density at radius 3 is 1.62 bits per heavy atom. The van der Waals surface area contributed by atoms with Crippen molar-refractivity contribution >= 4 is 15.6 Å². The normalized spacial score (nSPS) is 15.2. The molecule has 0 aromatic carbocycles. The van der Waals surface area contributed by atoms with Crippen LogP contribution in [0.3, 0.4) is 0 Å². The fourth-order valence-corrected chi connectivity index (χ4v) is 3.27. The van der Waals surface area contributed by atoms with Crippen molar-refractivity contribution in [3.05, 3.63) is 0 Å². The fraction of sp³-hybridized carbons (Fsp3) is 1.00. The molecular weight excluding hydrogens is 269 g/mol. The first-order chi connectivity index (χ1) is 6.89. The number of hydrogen-bond acceptors (Lipinski definition) is 7. The van der Waals surface area contributed by atoms with Crippen LogP contribution in [0.25, 0.3) is 0 Å². The topological polar surface area (TPSA) is 94.1 Å². The van der Waals surface area contributed by atoms with Crippen molar-refractivity contribution in [2.45, 2.75) is 20.8 Å². The van der Waals surface area contributed by atoms with Gasteiger partial charge in [0.25, 0.3) is 7.82 Å². The third kappa shape index (κ3) is 8.37. The van der Waals surface area contributed by atoms with Crippen LogP contribution in [-0.4, -0.2) is 19.8 Å². The van der Waals surface area contributed by atoms with E-state index in [1.807, 2.05) is 0 Å². The average Bonchev–Trinajstić information content (AvgIpc) is 2.02. The molecule has 1 atom stereocenters. The molecule has 0 aromatic rings. The molecule has 0 aliphatic heterocycles. The number of rotatable bonds is 8. The van der Waals surface area contributed by atoms with E-state index in [4.69, 9.17) is 0 Å². The molecule has 0 fully saturated rings. The maximum Gasteiger partial charge on any atom is 1.00 e. The molecular formula is C6H15NaO7P2. The molecule has 0 spiro atoms. The van der Waals surface area contributed by atoms with Crippen LogP contribution in [0.4, 0.5) is 0 Å². The van der Waals surface area contributed by atoms with Crippen LogP contribution in [0, 0.1) is 0 Å². The van der Waals surface area contributed by atoms with Crippen LogP contribution in [-0.2, 0) is 27.0 Å². The second-order valence-corrected chi connectivity index (χ2v) is 5.45. The number of hydrogen-bond donors (Lipinski definition) is 0. The molecule has 0 bridgehead atoms. The van der Waals surface area contributed by atoms with Crippen LogP contribution in [0.5, 0.6) is 0 Å². The van der Waals surface area contributed by atoms with E-state index < -0.39 is 15.6 Å². The minimum Gasteiger partial charge on any atom is -0.756 e. The standard InChI is InChI=1S/C6H16O7P2.Na/c1-4-10-14(7,8)13-15(9,11-5-2)12-6-3;/h4-6H2,1-3H3,(H,7,8);/q;+1/p-1. The first kappa shape index (κ1) is 19.6. The van der Waals surface area contributed by atoms with Crippen LogP contribution >= 0.6 is 15.6 Å². The molecule has 0 saturated carbocycles. The van der Waals surface area contributed by atoms with Gasteiger partial charge in [-0.05, 0) is 20.8 Å². The zero-order chi connectivity index (χ0) is 11.9. The summed E-state index contributed by atoms with van der Waals surface area (Å²) in [6.07, 6.45) is 0. The molecule has 0 amide bonds. The average molecular weight is 284 g/mol. The predicted octanol–water partition coefficient (Wildman–Crippen LogP) is -1.31. The van der Waals surface area contributed by atoms with E-state index in [1.54, 1.807) is 0 Å². The third-order valence-corrected chi connectivity index (χ3v) is 4.38. The second kappa shape index (κ2) is 9.22. The van der Waals surface area contributed by atoms with Gasteiger partial charge in [0, 0.05) is 0 Å². The van der Waals surface area contributed by atoms with Crippen molar-refractivity contribution < 1.29 is 61.5 Å². The first-order valence-corrected chi connectivity index (χ1v) is 7.37. The molecule has 10 heteroatoms. The molecule has 0 aliphatic carbocycles. The summed E-state index contributed by atoms with van der Waals surface area (Å²) >= 11 is 0. The van der Waals surface area contributed by atoms with Gasteiger partial charge in [-0.25, -0.2) is 8.88 Å². The van der Waals surface area contributed by atoms with Gasteiger partial charge >= 0.3 is 37.4 Å². The fourth-order valence-electron chi connectivity index (χ4n) is 0.705. The Labute approximate surface area is 117 Å². The zero-order valence-electron chi connectivity index (χ0n) is 9.87. The maximum atomic E-state index is 11.6. The molecule has 0 radical (unpaired) electrons. The Morgan fingerprint density at radius 2 is 1.31 bits per heavy atom. The third-order valence-electron chi connectivity index (χ3n) is 1.06. The van der Waals surface area contributed by atoms with Crippen molar-refractivity contribution in [2.24, 2.45) is 0 Å². The maximum absolute atomic E-state index is 11.6. The van der Waals surface area contributed by atoms with Gasteiger partial charge in [0.15, 0.2) is 0 Å². The summed E-state index contributed by atoms with van der Waals surface area (Å²) in [4.78, 5) is 11.0. The van der Waals surface area contributed by atoms with E-state index in [1.165, 1.54) is 20.8 Å². The van der Waals surface area contributed by atoms with Gasteiger partial charge in [-0.15, -0.1) is 0 Å². The van der Waals surface area contributed by atoms with Gasteiger partial charge in [0.05, 0.1) is 19.8 Å². The Morgan fingerprint density at radius 1 is 0.938 bits per heavy atom. The number of phosphoric acid groups is 2. The van der Waals surface area contributed by atoms with Crippen molar-refractivity contribution in [1.29, 1.82) is 0 Å². The molecule has 0 aliphatic rings. The molecule has 0 saturated heterocycles. The minimum absolute atomic E-state index is 0. The second-order valence-electron chi connectivity index (χ2n) is 2.23. The monoisotopic (exact) mass is 284 g/mol. The molecule has 0 rings (SSSR count). The summed E-state index contributed by atoms with van der Waals surface area (Å²) in [7, 11) is -8.71. The summed E-state index contributed by atoms with van der Waals surface area (Å²) < 4.78 is 40.4. The summed E-state index contributed by atoms with van der Waals surface area (Å²) in [5.74, 6) is 0. The number of phosphoric ester groups is 2. The largest absolute Gasteiger partial charge is 1.00 e. The first-order valence-electron chi connectivity index (χ1n) is 4.45. The van der Waals surface area contributed by atoms with Crippen LogP contribution < -0.4 is 34.5 Å². The minimum atomic E-state index is -4.64. The molecule has 0 heterocycles. The Kier molecular flexibility index (Phi) is 11.3. The Hall–Kier alpha value is 1.26. The van der Waals surface area contributed by atoms with Gasteiger partial charge in [-0.1, -0.05) is 0 Å².